The first-order chi connectivity index (χ1) is 8.72. The summed E-state index contributed by atoms with van der Waals surface area (Å²) in [4.78, 5) is 8.79. The van der Waals surface area contributed by atoms with Crippen LogP contribution in [0.2, 0.25) is 0 Å². The molecule has 0 fully saturated rings. The normalized spacial score (nSPS) is 11.2. The maximum atomic E-state index is 5.56. The number of aryl methyl sites for hydroxylation is 4. The van der Waals surface area contributed by atoms with Gasteiger partial charge in [-0.05, 0) is 32.4 Å². The summed E-state index contributed by atoms with van der Waals surface area (Å²) in [6.07, 6.45) is 3.44. The van der Waals surface area contributed by atoms with Crippen molar-refractivity contribution in [1.82, 2.24) is 20.2 Å². The highest BCUT2D eigenvalue weighted by Crippen LogP contribution is 2.16. The molecular weight excluding hydrogens is 228 g/mol. The molecule has 0 spiro atoms. The fourth-order valence-electron chi connectivity index (χ4n) is 2.07. The van der Waals surface area contributed by atoms with E-state index in [0.29, 0.717) is 0 Å². The van der Waals surface area contributed by atoms with Gasteiger partial charge in [-0.3, -0.25) is 5.10 Å². The zero-order valence-corrected chi connectivity index (χ0v) is 10.4. The fourth-order valence-corrected chi connectivity index (χ4v) is 2.07. The predicted octanol–water partition coefficient (Wildman–Crippen LogP) is 2.35. The molecular formula is C13H14N4O. The van der Waals surface area contributed by atoms with Gasteiger partial charge in [0.15, 0.2) is 5.65 Å². The Hall–Kier alpha value is -2.17. The number of fused-ring (bicyclic) bond motifs is 1. The zero-order valence-electron chi connectivity index (χ0n) is 10.4. The summed E-state index contributed by atoms with van der Waals surface area (Å²) in [5.74, 6) is 2.69. The minimum absolute atomic E-state index is 0.761. The SMILES string of the molecule is Cc1nc(CCc2ccc(C)o2)c2cn[nH]c2n1. The van der Waals surface area contributed by atoms with Gasteiger partial charge in [0.05, 0.1) is 17.3 Å². The van der Waals surface area contributed by atoms with Crippen molar-refractivity contribution >= 4 is 11.0 Å². The lowest BCUT2D eigenvalue weighted by Gasteiger charge is -2.02. The lowest BCUT2D eigenvalue weighted by molar-refractivity contribution is 0.482. The topological polar surface area (TPSA) is 67.6 Å². The number of aromatic nitrogens is 4. The van der Waals surface area contributed by atoms with Crippen molar-refractivity contribution in [1.29, 1.82) is 0 Å². The van der Waals surface area contributed by atoms with Crippen LogP contribution in [0.4, 0.5) is 0 Å². The number of H-pyrrole nitrogens is 1. The van der Waals surface area contributed by atoms with Crippen molar-refractivity contribution < 1.29 is 4.42 Å². The Bertz CT molecular complexity index is 683. The molecule has 0 saturated carbocycles. The summed E-state index contributed by atoms with van der Waals surface area (Å²) in [6, 6.07) is 3.99. The molecule has 18 heavy (non-hydrogen) atoms. The Balaban J connectivity index is 1.87. The van der Waals surface area contributed by atoms with Gasteiger partial charge in [0.1, 0.15) is 17.3 Å². The molecule has 3 aromatic rings. The molecule has 0 aliphatic rings. The molecule has 0 bridgehead atoms. The van der Waals surface area contributed by atoms with Gasteiger partial charge in [0, 0.05) is 6.42 Å². The lowest BCUT2D eigenvalue weighted by atomic mass is 10.1. The van der Waals surface area contributed by atoms with E-state index in [9.17, 15) is 0 Å². The van der Waals surface area contributed by atoms with E-state index in [-0.39, 0.29) is 0 Å². The van der Waals surface area contributed by atoms with Gasteiger partial charge in [-0.2, -0.15) is 5.10 Å². The number of nitrogens with one attached hydrogen (secondary N) is 1. The second-order valence-corrected chi connectivity index (χ2v) is 4.36. The molecule has 0 radical (unpaired) electrons. The van der Waals surface area contributed by atoms with Crippen molar-refractivity contribution in [2.75, 3.05) is 0 Å². The number of hydrogen-bond donors (Lipinski definition) is 1. The van der Waals surface area contributed by atoms with Crippen molar-refractivity contribution in [3.63, 3.8) is 0 Å². The van der Waals surface area contributed by atoms with Crippen LogP contribution in [0.15, 0.2) is 22.7 Å². The smallest absolute Gasteiger partial charge is 0.159 e. The van der Waals surface area contributed by atoms with Crippen LogP contribution in [-0.4, -0.2) is 20.2 Å². The summed E-state index contributed by atoms with van der Waals surface area (Å²) in [5, 5.41) is 7.88. The van der Waals surface area contributed by atoms with Crippen LogP contribution in [0.3, 0.4) is 0 Å². The molecule has 5 nitrogen and oxygen atoms in total. The van der Waals surface area contributed by atoms with Crippen molar-refractivity contribution in [2.24, 2.45) is 0 Å². The minimum Gasteiger partial charge on any atom is -0.466 e. The van der Waals surface area contributed by atoms with Crippen LogP contribution >= 0.6 is 0 Å². The second-order valence-electron chi connectivity index (χ2n) is 4.36. The van der Waals surface area contributed by atoms with E-state index in [2.05, 4.69) is 20.2 Å². The standard InChI is InChI=1S/C13H14N4O/c1-8-3-4-10(18-8)5-6-12-11-7-14-17-13(11)16-9(2)15-12/h3-4,7H,5-6H2,1-2H3,(H,14,15,16,17). The number of rotatable bonds is 3. The van der Waals surface area contributed by atoms with E-state index in [1.54, 1.807) is 6.20 Å². The molecule has 0 atom stereocenters. The summed E-state index contributed by atoms with van der Waals surface area (Å²) < 4.78 is 5.56. The maximum Gasteiger partial charge on any atom is 0.159 e. The van der Waals surface area contributed by atoms with Gasteiger partial charge in [-0.1, -0.05) is 0 Å². The fraction of sp³-hybridized carbons (Fsp3) is 0.308. The number of hydrogen-bond acceptors (Lipinski definition) is 4. The lowest BCUT2D eigenvalue weighted by Crippen LogP contribution is -1.98. The largest absolute Gasteiger partial charge is 0.466 e. The molecule has 0 aliphatic heterocycles. The molecule has 92 valence electrons. The highest BCUT2D eigenvalue weighted by molar-refractivity contribution is 5.76. The summed E-state index contributed by atoms with van der Waals surface area (Å²) >= 11 is 0. The Morgan fingerprint density at radius 3 is 2.83 bits per heavy atom. The van der Waals surface area contributed by atoms with Crippen LogP contribution in [-0.2, 0) is 12.8 Å². The third kappa shape index (κ3) is 1.99. The maximum absolute atomic E-state index is 5.56. The van der Waals surface area contributed by atoms with Gasteiger partial charge < -0.3 is 4.42 Å². The summed E-state index contributed by atoms with van der Waals surface area (Å²) in [5.41, 5.74) is 1.81. The number of furan rings is 1. The van der Waals surface area contributed by atoms with Crippen LogP contribution in [0.5, 0.6) is 0 Å². The van der Waals surface area contributed by atoms with Crippen LogP contribution in [0.25, 0.3) is 11.0 Å². The van der Waals surface area contributed by atoms with Crippen molar-refractivity contribution in [3.8, 4) is 0 Å². The van der Waals surface area contributed by atoms with Crippen molar-refractivity contribution in [2.45, 2.75) is 26.7 Å². The summed E-state index contributed by atoms with van der Waals surface area (Å²) in [6.45, 7) is 3.84. The van der Waals surface area contributed by atoms with E-state index >= 15 is 0 Å². The zero-order chi connectivity index (χ0) is 12.5. The van der Waals surface area contributed by atoms with Gasteiger partial charge in [-0.15, -0.1) is 0 Å². The molecule has 3 heterocycles. The van der Waals surface area contributed by atoms with Crippen molar-refractivity contribution in [3.05, 3.63) is 41.4 Å². The van der Waals surface area contributed by atoms with Crippen LogP contribution < -0.4 is 0 Å². The number of nitrogens with zero attached hydrogens (tertiary/aromatic N) is 3. The van der Waals surface area contributed by atoms with Gasteiger partial charge in [-0.25, -0.2) is 9.97 Å². The molecule has 0 aromatic carbocycles. The first kappa shape index (κ1) is 11.0. The monoisotopic (exact) mass is 242 g/mol. The van der Waals surface area contributed by atoms with E-state index in [4.69, 9.17) is 4.42 Å². The van der Waals surface area contributed by atoms with E-state index in [1.807, 2.05) is 26.0 Å². The van der Waals surface area contributed by atoms with Gasteiger partial charge in [0.2, 0.25) is 0 Å². The Kier molecular flexibility index (Phi) is 2.59. The second kappa shape index (κ2) is 4.25. The van der Waals surface area contributed by atoms with Gasteiger partial charge in [0.25, 0.3) is 0 Å². The number of aromatic amines is 1. The molecule has 3 rings (SSSR count). The first-order valence-corrected chi connectivity index (χ1v) is 5.94. The van der Waals surface area contributed by atoms with E-state index < -0.39 is 0 Å². The average molecular weight is 242 g/mol. The summed E-state index contributed by atoms with van der Waals surface area (Å²) in [7, 11) is 0. The first-order valence-electron chi connectivity index (χ1n) is 5.94. The molecule has 5 heteroatoms. The highest BCUT2D eigenvalue weighted by atomic mass is 16.3. The van der Waals surface area contributed by atoms with Gasteiger partial charge >= 0.3 is 0 Å². The highest BCUT2D eigenvalue weighted by Gasteiger charge is 2.08. The molecule has 0 amide bonds. The van der Waals surface area contributed by atoms with Crippen LogP contribution in [0.1, 0.15) is 23.0 Å². The van der Waals surface area contributed by atoms with Crippen LogP contribution in [0, 0.1) is 13.8 Å². The Morgan fingerprint density at radius 2 is 2.06 bits per heavy atom. The Morgan fingerprint density at radius 1 is 1.17 bits per heavy atom. The van der Waals surface area contributed by atoms with E-state index in [1.165, 1.54) is 0 Å². The molecule has 3 aromatic heterocycles. The molecule has 0 unspecified atom stereocenters. The average Bonchev–Trinajstić information content (AvgIpc) is 2.94. The predicted molar refractivity (Wildman–Crippen MR) is 67.3 cm³/mol. The van der Waals surface area contributed by atoms with E-state index in [0.717, 1.165) is 46.9 Å². The minimum atomic E-state index is 0.761. The molecule has 0 aliphatic carbocycles. The third-order valence-corrected chi connectivity index (χ3v) is 2.90. The Labute approximate surface area is 104 Å². The molecule has 1 N–H and O–H groups in total. The third-order valence-electron chi connectivity index (χ3n) is 2.90. The quantitative estimate of drug-likeness (QED) is 0.765. The molecule has 0 saturated heterocycles.